The zero-order chi connectivity index (χ0) is 19.6. The Labute approximate surface area is 159 Å². The summed E-state index contributed by atoms with van der Waals surface area (Å²) in [7, 11) is 2.39. The van der Waals surface area contributed by atoms with Crippen LogP contribution >= 0.6 is 11.6 Å². The summed E-state index contributed by atoms with van der Waals surface area (Å²) in [5, 5.41) is 11.6. The van der Waals surface area contributed by atoms with Crippen molar-refractivity contribution < 1.29 is 24.2 Å². The first kappa shape index (κ1) is 18.5. The Kier molecular flexibility index (Phi) is 5.14. The predicted octanol–water partition coefficient (Wildman–Crippen LogP) is 3.08. The number of esters is 2. The van der Waals surface area contributed by atoms with Gasteiger partial charge < -0.3 is 19.5 Å². The molecule has 0 atom stereocenters. The third-order valence-corrected chi connectivity index (χ3v) is 4.26. The van der Waals surface area contributed by atoms with Crippen molar-refractivity contribution in [1.29, 1.82) is 0 Å². The Balaban J connectivity index is 2.31. The number of benzene rings is 1. The molecule has 1 aromatic carbocycles. The van der Waals surface area contributed by atoms with Gasteiger partial charge >= 0.3 is 11.9 Å². The predicted molar refractivity (Wildman–Crippen MR) is 100 cm³/mol. The van der Waals surface area contributed by atoms with Crippen LogP contribution in [0.25, 0.3) is 10.9 Å². The third-order valence-electron chi connectivity index (χ3n) is 3.94. The highest BCUT2D eigenvalue weighted by molar-refractivity contribution is 6.36. The van der Waals surface area contributed by atoms with Crippen LogP contribution in [0.5, 0.6) is 5.75 Å². The highest BCUT2D eigenvalue weighted by Crippen LogP contribution is 2.41. The molecular formula is C19H15ClN2O5. The van der Waals surface area contributed by atoms with Gasteiger partial charge in [0.2, 0.25) is 0 Å². The smallest absolute Gasteiger partial charge is 0.355 e. The summed E-state index contributed by atoms with van der Waals surface area (Å²) in [5.41, 5.74) is 0.254. The molecule has 2 aromatic rings. The minimum absolute atomic E-state index is 0.0361. The molecule has 2 heterocycles. The summed E-state index contributed by atoms with van der Waals surface area (Å²) in [4.78, 5) is 30.1. The summed E-state index contributed by atoms with van der Waals surface area (Å²) >= 11 is 6.34. The molecule has 0 fully saturated rings. The minimum Gasteiger partial charge on any atom is -0.504 e. The maximum atomic E-state index is 12.5. The zero-order valence-corrected chi connectivity index (χ0v) is 15.2. The number of pyridine rings is 1. The van der Waals surface area contributed by atoms with E-state index in [0.29, 0.717) is 10.4 Å². The van der Waals surface area contributed by atoms with Crippen molar-refractivity contribution in [1.82, 2.24) is 4.98 Å². The number of carbonyl (C=O) groups excluding carboxylic acids is 2. The molecule has 1 aliphatic rings. The maximum absolute atomic E-state index is 12.5. The van der Waals surface area contributed by atoms with Crippen LogP contribution in [-0.2, 0) is 19.1 Å². The molecule has 27 heavy (non-hydrogen) atoms. The van der Waals surface area contributed by atoms with E-state index in [1.165, 1.54) is 43.7 Å². The van der Waals surface area contributed by atoms with E-state index in [9.17, 15) is 14.7 Å². The number of carbonyl (C=O) groups is 2. The van der Waals surface area contributed by atoms with Crippen LogP contribution in [0.3, 0.4) is 0 Å². The van der Waals surface area contributed by atoms with Crippen molar-refractivity contribution in [3.63, 3.8) is 0 Å². The number of nitrogens with zero attached hydrogens (tertiary/aromatic N) is 2. The van der Waals surface area contributed by atoms with Gasteiger partial charge in [0.15, 0.2) is 5.75 Å². The molecule has 0 radical (unpaired) electrons. The Bertz CT molecular complexity index is 1030. The number of fused-ring (bicyclic) bond motifs is 1. The molecule has 1 aliphatic heterocycles. The van der Waals surface area contributed by atoms with Gasteiger partial charge in [-0.2, -0.15) is 0 Å². The van der Waals surface area contributed by atoms with Crippen molar-refractivity contribution in [2.75, 3.05) is 19.1 Å². The van der Waals surface area contributed by atoms with Gasteiger partial charge in [0, 0.05) is 17.8 Å². The van der Waals surface area contributed by atoms with Crippen LogP contribution in [0.15, 0.2) is 60.1 Å². The summed E-state index contributed by atoms with van der Waals surface area (Å²) in [6, 6.07) is 4.89. The molecule has 0 amide bonds. The van der Waals surface area contributed by atoms with E-state index in [1.54, 1.807) is 24.3 Å². The number of rotatable bonds is 3. The average molecular weight is 387 g/mol. The van der Waals surface area contributed by atoms with Crippen LogP contribution in [-0.4, -0.2) is 36.2 Å². The van der Waals surface area contributed by atoms with E-state index in [2.05, 4.69) is 4.98 Å². The number of methoxy groups -OCH3 is 2. The zero-order valence-electron chi connectivity index (χ0n) is 14.5. The molecule has 0 saturated carbocycles. The van der Waals surface area contributed by atoms with E-state index in [0.717, 1.165) is 0 Å². The number of aromatic nitrogens is 1. The second-order valence-corrected chi connectivity index (χ2v) is 5.85. The van der Waals surface area contributed by atoms with Gasteiger partial charge in [0.1, 0.15) is 11.2 Å². The van der Waals surface area contributed by atoms with Gasteiger partial charge in [-0.3, -0.25) is 4.98 Å². The van der Waals surface area contributed by atoms with Crippen molar-refractivity contribution in [2.45, 2.75) is 0 Å². The fourth-order valence-electron chi connectivity index (χ4n) is 2.71. The fourth-order valence-corrected chi connectivity index (χ4v) is 2.96. The Morgan fingerprint density at radius 1 is 1.19 bits per heavy atom. The van der Waals surface area contributed by atoms with Crippen LogP contribution < -0.4 is 4.90 Å². The Morgan fingerprint density at radius 3 is 2.63 bits per heavy atom. The quantitative estimate of drug-likeness (QED) is 0.811. The highest BCUT2D eigenvalue weighted by atomic mass is 35.5. The third kappa shape index (κ3) is 3.24. The van der Waals surface area contributed by atoms with Crippen molar-refractivity contribution >= 4 is 40.1 Å². The molecule has 7 nitrogen and oxygen atoms in total. The second-order valence-electron chi connectivity index (χ2n) is 5.44. The van der Waals surface area contributed by atoms with Crippen LogP contribution in [0.2, 0.25) is 5.02 Å². The Hall–Kier alpha value is -3.32. The SMILES string of the molecule is COC(=O)C1=C(C(=O)OC)N(c2cc(Cl)c3cccnc3c2O)C=CC=C1. The number of hydrogen-bond donors (Lipinski definition) is 1. The number of halogens is 1. The number of phenols is 1. The lowest BCUT2D eigenvalue weighted by Gasteiger charge is -2.24. The summed E-state index contributed by atoms with van der Waals surface area (Å²) in [6.45, 7) is 0. The minimum atomic E-state index is -0.789. The van der Waals surface area contributed by atoms with Gasteiger partial charge in [-0.15, -0.1) is 0 Å². The van der Waals surface area contributed by atoms with Crippen molar-refractivity contribution in [3.8, 4) is 5.75 Å². The molecule has 0 aliphatic carbocycles. The number of phenolic OH excluding ortho intramolecular Hbond substituents is 1. The molecule has 0 saturated heterocycles. The fraction of sp³-hybridized carbons (Fsp3) is 0.105. The largest absolute Gasteiger partial charge is 0.504 e. The summed E-state index contributed by atoms with van der Waals surface area (Å²) in [6.07, 6.45) is 7.59. The van der Waals surface area contributed by atoms with E-state index < -0.39 is 11.9 Å². The first-order chi connectivity index (χ1) is 13.0. The number of allylic oxidation sites excluding steroid dienone is 2. The van der Waals surface area contributed by atoms with Crippen molar-refractivity contribution in [3.05, 3.63) is 65.1 Å². The van der Waals surface area contributed by atoms with Gasteiger partial charge in [0.25, 0.3) is 0 Å². The van der Waals surface area contributed by atoms with E-state index >= 15 is 0 Å². The molecular weight excluding hydrogens is 372 g/mol. The molecule has 1 N–H and O–H groups in total. The van der Waals surface area contributed by atoms with Gasteiger partial charge in [-0.1, -0.05) is 17.7 Å². The van der Waals surface area contributed by atoms with Gasteiger partial charge in [-0.25, -0.2) is 9.59 Å². The maximum Gasteiger partial charge on any atom is 0.355 e. The lowest BCUT2D eigenvalue weighted by Crippen LogP contribution is -2.27. The van der Waals surface area contributed by atoms with E-state index in [4.69, 9.17) is 21.1 Å². The molecule has 0 unspecified atom stereocenters. The lowest BCUT2D eigenvalue weighted by molar-refractivity contribution is -0.139. The number of anilines is 1. The molecule has 8 heteroatoms. The van der Waals surface area contributed by atoms with E-state index in [1.807, 2.05) is 0 Å². The van der Waals surface area contributed by atoms with Crippen LogP contribution in [0, 0.1) is 0 Å². The monoisotopic (exact) mass is 386 g/mol. The molecule has 138 valence electrons. The van der Waals surface area contributed by atoms with Gasteiger partial charge in [0.05, 0.1) is 30.5 Å². The molecule has 0 spiro atoms. The normalized spacial score (nSPS) is 13.7. The number of ether oxygens (including phenoxy) is 2. The Morgan fingerprint density at radius 2 is 1.93 bits per heavy atom. The first-order valence-electron chi connectivity index (χ1n) is 7.80. The van der Waals surface area contributed by atoms with Crippen LogP contribution in [0.1, 0.15) is 0 Å². The summed E-state index contributed by atoms with van der Waals surface area (Å²) < 4.78 is 9.60. The van der Waals surface area contributed by atoms with E-state index in [-0.39, 0.29) is 28.2 Å². The van der Waals surface area contributed by atoms with Crippen LogP contribution in [0.4, 0.5) is 5.69 Å². The lowest BCUT2D eigenvalue weighted by atomic mass is 10.1. The second kappa shape index (κ2) is 7.51. The first-order valence-corrected chi connectivity index (χ1v) is 8.18. The molecule has 1 aromatic heterocycles. The van der Waals surface area contributed by atoms with Crippen molar-refractivity contribution in [2.24, 2.45) is 0 Å². The molecule has 3 rings (SSSR count). The topological polar surface area (TPSA) is 89.0 Å². The number of hydrogen-bond acceptors (Lipinski definition) is 7. The highest BCUT2D eigenvalue weighted by Gasteiger charge is 2.29. The standard InChI is InChI=1S/C19H15ClN2O5/c1-26-18(24)12-6-3-4-9-22(16(12)19(25)27-2)14-10-13(20)11-7-5-8-21-15(11)17(14)23/h3-10,23H,1-2H3. The average Bonchev–Trinajstić information content (AvgIpc) is 2.92. The number of aromatic hydroxyl groups is 1. The summed E-state index contributed by atoms with van der Waals surface area (Å²) in [5.74, 6) is -1.72. The van der Waals surface area contributed by atoms with Gasteiger partial charge in [-0.05, 0) is 30.4 Å². The molecule has 0 bridgehead atoms.